The lowest BCUT2D eigenvalue weighted by Gasteiger charge is -2.43. The third-order valence-corrected chi connectivity index (χ3v) is 8.91. The number of fused-ring (bicyclic) bond motifs is 1. The first-order valence-electron chi connectivity index (χ1n) is 11.1. The fraction of sp³-hybridized carbons (Fsp3) is 0.591. The lowest BCUT2D eigenvalue weighted by atomic mass is 9.72. The highest BCUT2D eigenvalue weighted by Crippen LogP contribution is 2.62. The molecule has 6 rings (SSSR count). The third-order valence-electron chi connectivity index (χ3n) is 7.82. The van der Waals surface area contributed by atoms with Gasteiger partial charge < -0.3 is 22.1 Å². The van der Waals surface area contributed by atoms with Crippen molar-refractivity contribution in [2.75, 3.05) is 29.5 Å². The Balaban J connectivity index is 1.17. The van der Waals surface area contributed by atoms with Gasteiger partial charge in [-0.25, -0.2) is 15.0 Å². The molecule has 6 N–H and O–H groups in total. The Morgan fingerprint density at radius 1 is 1.10 bits per heavy atom. The van der Waals surface area contributed by atoms with E-state index in [1.807, 2.05) is 12.3 Å². The van der Waals surface area contributed by atoms with Crippen molar-refractivity contribution in [2.45, 2.75) is 60.4 Å². The molecule has 3 atom stereocenters. The summed E-state index contributed by atoms with van der Waals surface area (Å²) in [6.45, 7) is 1.97. The van der Waals surface area contributed by atoms with Crippen molar-refractivity contribution in [3.05, 3.63) is 24.0 Å². The molecule has 1 spiro atoms. The number of aromatic nitrogens is 3. The molecule has 30 heavy (non-hydrogen) atoms. The number of hydrogen-bond donors (Lipinski definition) is 3. The molecule has 158 valence electrons. The molecule has 3 heterocycles. The highest BCUT2D eigenvalue weighted by molar-refractivity contribution is 7.99. The number of hydrogen-bond acceptors (Lipinski definition) is 8. The van der Waals surface area contributed by atoms with Gasteiger partial charge in [0.1, 0.15) is 16.7 Å². The van der Waals surface area contributed by atoms with Crippen LogP contribution in [0.3, 0.4) is 0 Å². The minimum absolute atomic E-state index is 0.360. The molecule has 2 aromatic heterocycles. The first kappa shape index (κ1) is 18.7. The van der Waals surface area contributed by atoms with E-state index in [0.29, 0.717) is 29.0 Å². The van der Waals surface area contributed by atoms with Gasteiger partial charge in [-0.2, -0.15) is 0 Å². The Morgan fingerprint density at radius 3 is 2.57 bits per heavy atom. The number of nitrogens with two attached hydrogens (primary N) is 3. The van der Waals surface area contributed by atoms with Gasteiger partial charge in [-0.3, -0.25) is 0 Å². The van der Waals surface area contributed by atoms with Crippen molar-refractivity contribution >= 4 is 29.2 Å². The van der Waals surface area contributed by atoms with Crippen LogP contribution in [0.15, 0.2) is 28.4 Å². The van der Waals surface area contributed by atoms with Gasteiger partial charge in [0.15, 0.2) is 5.82 Å². The van der Waals surface area contributed by atoms with Gasteiger partial charge in [-0.1, -0.05) is 11.8 Å². The summed E-state index contributed by atoms with van der Waals surface area (Å²) in [5.74, 6) is 4.19. The molecule has 2 unspecified atom stereocenters. The molecule has 7 nitrogen and oxygen atoms in total. The van der Waals surface area contributed by atoms with E-state index in [4.69, 9.17) is 22.2 Å². The maximum atomic E-state index is 6.60. The second-order valence-corrected chi connectivity index (χ2v) is 10.7. The van der Waals surface area contributed by atoms with Crippen LogP contribution in [0.4, 0.5) is 17.5 Å². The maximum Gasteiger partial charge on any atom is 0.158 e. The van der Waals surface area contributed by atoms with Crippen molar-refractivity contribution < 1.29 is 0 Å². The minimum Gasteiger partial charge on any atom is -0.383 e. The zero-order chi connectivity index (χ0) is 20.5. The minimum atomic E-state index is 0.360. The normalized spacial score (nSPS) is 29.2. The van der Waals surface area contributed by atoms with Crippen LogP contribution in [0.25, 0.3) is 0 Å². The standard InChI is InChI=1S/C22H29N7S/c23-18-14-9-13(14)10-22(18)4-7-29(8-5-22)16-11-27-21(20(25)28-16)30-15-3-6-26-19(24)17(15)12-1-2-12/h3,6,11-14,18H,1-2,4-5,7-10,23H2,(H2,24,26)(H2,25,28)/t13?,14?,18-/m1/s1. The van der Waals surface area contributed by atoms with E-state index in [1.54, 1.807) is 18.0 Å². The van der Waals surface area contributed by atoms with Crippen LogP contribution >= 0.6 is 11.8 Å². The van der Waals surface area contributed by atoms with Crippen LogP contribution in [-0.2, 0) is 0 Å². The molecule has 1 aliphatic heterocycles. The zero-order valence-electron chi connectivity index (χ0n) is 17.1. The molecule has 8 heteroatoms. The van der Waals surface area contributed by atoms with Crippen LogP contribution in [0.1, 0.15) is 50.0 Å². The topological polar surface area (TPSA) is 120 Å². The molecule has 0 bridgehead atoms. The summed E-state index contributed by atoms with van der Waals surface area (Å²) in [6.07, 6.45) is 11.0. The van der Waals surface area contributed by atoms with E-state index in [-0.39, 0.29) is 0 Å². The van der Waals surface area contributed by atoms with E-state index < -0.39 is 0 Å². The van der Waals surface area contributed by atoms with Crippen molar-refractivity contribution in [1.82, 2.24) is 15.0 Å². The molecule has 1 saturated heterocycles. The Hall–Kier alpha value is -2.06. The van der Waals surface area contributed by atoms with Crippen molar-refractivity contribution in [2.24, 2.45) is 23.0 Å². The fourth-order valence-electron chi connectivity index (χ4n) is 5.84. The van der Waals surface area contributed by atoms with Gasteiger partial charge >= 0.3 is 0 Å². The Morgan fingerprint density at radius 2 is 1.90 bits per heavy atom. The van der Waals surface area contributed by atoms with E-state index in [0.717, 1.165) is 59.1 Å². The lowest BCUT2D eigenvalue weighted by Crippen LogP contribution is -2.48. The highest BCUT2D eigenvalue weighted by Gasteiger charge is 2.59. The molecule has 2 aromatic rings. The number of anilines is 3. The Bertz CT molecular complexity index is 983. The average molecular weight is 424 g/mol. The van der Waals surface area contributed by atoms with E-state index >= 15 is 0 Å². The van der Waals surface area contributed by atoms with Gasteiger partial charge in [0.2, 0.25) is 0 Å². The fourth-order valence-corrected chi connectivity index (χ4v) is 6.81. The molecule has 3 aliphatic carbocycles. The largest absolute Gasteiger partial charge is 0.383 e. The summed E-state index contributed by atoms with van der Waals surface area (Å²) >= 11 is 1.55. The summed E-state index contributed by atoms with van der Waals surface area (Å²) in [7, 11) is 0. The van der Waals surface area contributed by atoms with Gasteiger partial charge in [0.05, 0.1) is 6.20 Å². The van der Waals surface area contributed by atoms with Crippen molar-refractivity contribution in [3.8, 4) is 0 Å². The lowest BCUT2D eigenvalue weighted by molar-refractivity contribution is 0.172. The van der Waals surface area contributed by atoms with E-state index in [2.05, 4.69) is 14.9 Å². The second-order valence-electron chi connectivity index (χ2n) is 9.64. The molecule has 0 radical (unpaired) electrons. The van der Waals surface area contributed by atoms with Crippen molar-refractivity contribution in [1.29, 1.82) is 0 Å². The van der Waals surface area contributed by atoms with Crippen LogP contribution in [0, 0.1) is 17.3 Å². The first-order valence-corrected chi connectivity index (χ1v) is 11.9. The van der Waals surface area contributed by atoms with Crippen LogP contribution < -0.4 is 22.1 Å². The van der Waals surface area contributed by atoms with E-state index in [9.17, 15) is 0 Å². The van der Waals surface area contributed by atoms with Crippen LogP contribution in [-0.4, -0.2) is 34.1 Å². The summed E-state index contributed by atoms with van der Waals surface area (Å²) < 4.78 is 0. The monoisotopic (exact) mass is 423 g/mol. The smallest absolute Gasteiger partial charge is 0.158 e. The highest BCUT2D eigenvalue weighted by atomic mass is 32.2. The maximum absolute atomic E-state index is 6.60. The molecule has 4 fully saturated rings. The number of nitrogen functional groups attached to an aromatic ring is 2. The summed E-state index contributed by atoms with van der Waals surface area (Å²) in [4.78, 5) is 17.0. The number of nitrogens with zero attached hydrogens (tertiary/aromatic N) is 4. The molecule has 0 amide bonds. The van der Waals surface area contributed by atoms with Crippen LogP contribution in [0.2, 0.25) is 0 Å². The molecule has 4 aliphatic rings. The molecule has 3 saturated carbocycles. The second kappa shape index (κ2) is 6.72. The Labute approximate surface area is 181 Å². The van der Waals surface area contributed by atoms with E-state index in [1.165, 1.54) is 25.7 Å². The summed E-state index contributed by atoms with van der Waals surface area (Å²) in [6, 6.07) is 2.40. The molecule has 0 aromatic carbocycles. The Kier molecular flexibility index (Phi) is 4.19. The predicted molar refractivity (Wildman–Crippen MR) is 119 cm³/mol. The number of pyridine rings is 1. The average Bonchev–Trinajstić information content (AvgIpc) is 3.65. The van der Waals surface area contributed by atoms with Gasteiger partial charge in [0.25, 0.3) is 0 Å². The summed E-state index contributed by atoms with van der Waals surface area (Å²) in [5.41, 5.74) is 20.6. The summed E-state index contributed by atoms with van der Waals surface area (Å²) in [5, 5.41) is 0.734. The first-order chi connectivity index (χ1) is 14.5. The van der Waals surface area contributed by atoms with Crippen molar-refractivity contribution in [3.63, 3.8) is 0 Å². The SMILES string of the molecule is Nc1nc(N2CCC3(CC2)CC2CC2[C@H]3N)cnc1Sc1ccnc(N)c1C1CC1. The van der Waals surface area contributed by atoms with Crippen LogP contribution in [0.5, 0.6) is 0 Å². The molecular formula is C22H29N7S. The quantitative estimate of drug-likeness (QED) is 0.686. The molecular weight excluding hydrogens is 394 g/mol. The van der Waals surface area contributed by atoms with Gasteiger partial charge in [-0.05, 0) is 67.8 Å². The number of piperidine rings is 1. The van der Waals surface area contributed by atoms with Gasteiger partial charge in [-0.15, -0.1) is 0 Å². The predicted octanol–water partition coefficient (Wildman–Crippen LogP) is 3.02. The third kappa shape index (κ3) is 3.03. The zero-order valence-corrected chi connectivity index (χ0v) is 17.9. The van der Waals surface area contributed by atoms with Gasteiger partial charge in [0, 0.05) is 35.8 Å². The number of rotatable bonds is 4.